The van der Waals surface area contributed by atoms with E-state index >= 15 is 0 Å². The third-order valence-electron chi connectivity index (χ3n) is 3.51. The Hall–Kier alpha value is -2.63. The maximum absolute atomic E-state index is 12.4. The molecule has 1 N–H and O–H groups in total. The Morgan fingerprint density at radius 1 is 1.25 bits per heavy atom. The van der Waals surface area contributed by atoms with Gasteiger partial charge in [-0.1, -0.05) is 19.4 Å². The van der Waals surface area contributed by atoms with Gasteiger partial charge in [0.1, 0.15) is 11.4 Å². The van der Waals surface area contributed by atoms with Gasteiger partial charge in [-0.3, -0.25) is 9.59 Å². The first-order chi connectivity index (χ1) is 11.5. The summed E-state index contributed by atoms with van der Waals surface area (Å²) in [6.45, 7) is 6.89. The van der Waals surface area contributed by atoms with Gasteiger partial charge in [0, 0.05) is 12.6 Å². The van der Waals surface area contributed by atoms with Crippen LogP contribution >= 0.6 is 0 Å². The number of benzene rings is 1. The highest BCUT2D eigenvalue weighted by atomic mass is 16.5. The monoisotopic (exact) mass is 329 g/mol. The van der Waals surface area contributed by atoms with Gasteiger partial charge in [-0.15, -0.1) is 0 Å². The molecule has 128 valence electrons. The van der Waals surface area contributed by atoms with E-state index in [1.165, 1.54) is 16.8 Å². The fraction of sp³-hybridized carbons (Fsp3) is 0.389. The zero-order valence-electron chi connectivity index (χ0n) is 14.3. The van der Waals surface area contributed by atoms with Gasteiger partial charge in [0.15, 0.2) is 0 Å². The van der Waals surface area contributed by atoms with E-state index in [1.807, 2.05) is 32.9 Å². The number of carbonyl (C=O) groups is 1. The normalized spacial score (nSPS) is 10.5. The largest absolute Gasteiger partial charge is 0.492 e. The summed E-state index contributed by atoms with van der Waals surface area (Å²) in [5.74, 6) is 0.246. The minimum atomic E-state index is -0.370. The Bertz CT molecular complexity index is 768. The summed E-state index contributed by atoms with van der Waals surface area (Å²) < 4.78 is 6.89. The highest BCUT2D eigenvalue weighted by Crippen LogP contribution is 2.26. The second-order valence-electron chi connectivity index (χ2n) is 5.52. The molecule has 24 heavy (non-hydrogen) atoms. The Kier molecular flexibility index (Phi) is 6.12. The highest BCUT2D eigenvalue weighted by molar-refractivity contribution is 6.03. The van der Waals surface area contributed by atoms with E-state index in [2.05, 4.69) is 10.4 Å². The summed E-state index contributed by atoms with van der Waals surface area (Å²) in [4.78, 5) is 24.2. The number of hydrogen-bond donors (Lipinski definition) is 1. The molecule has 1 amide bonds. The van der Waals surface area contributed by atoms with Crippen molar-refractivity contribution in [3.63, 3.8) is 0 Å². The quantitative estimate of drug-likeness (QED) is 0.847. The van der Waals surface area contributed by atoms with Gasteiger partial charge in [0.25, 0.3) is 11.5 Å². The van der Waals surface area contributed by atoms with E-state index in [4.69, 9.17) is 4.74 Å². The molecule has 0 saturated carbocycles. The molecule has 0 aliphatic rings. The molecular formula is C18H23N3O3. The molecule has 1 aromatic carbocycles. The van der Waals surface area contributed by atoms with Gasteiger partial charge in [-0.05, 0) is 44.0 Å². The second-order valence-corrected chi connectivity index (χ2v) is 5.52. The average molecular weight is 329 g/mol. The second kappa shape index (κ2) is 8.29. The van der Waals surface area contributed by atoms with Crippen LogP contribution in [-0.2, 0) is 6.54 Å². The van der Waals surface area contributed by atoms with Gasteiger partial charge >= 0.3 is 0 Å². The lowest BCUT2D eigenvalue weighted by molar-refractivity contribution is 0.101. The number of unbranched alkanes of at least 4 members (excludes halogenated alkanes) is 1. The van der Waals surface area contributed by atoms with Crippen molar-refractivity contribution in [2.45, 2.75) is 40.2 Å². The van der Waals surface area contributed by atoms with Crippen LogP contribution in [0.1, 0.15) is 42.7 Å². The molecule has 0 spiro atoms. The van der Waals surface area contributed by atoms with E-state index in [0.29, 0.717) is 24.6 Å². The predicted octanol–water partition coefficient (Wildman–Crippen LogP) is 3.00. The molecule has 0 bridgehead atoms. The fourth-order valence-corrected chi connectivity index (χ4v) is 2.23. The summed E-state index contributed by atoms with van der Waals surface area (Å²) in [5.41, 5.74) is 1.63. The Balaban J connectivity index is 2.22. The van der Waals surface area contributed by atoms with Crippen LogP contribution in [0.5, 0.6) is 5.75 Å². The molecular weight excluding hydrogens is 306 g/mol. The summed E-state index contributed by atoms with van der Waals surface area (Å²) >= 11 is 0. The minimum Gasteiger partial charge on any atom is -0.492 e. The summed E-state index contributed by atoms with van der Waals surface area (Å²) in [6, 6.07) is 8.37. The first-order valence-corrected chi connectivity index (χ1v) is 8.18. The Morgan fingerprint density at radius 3 is 2.75 bits per heavy atom. The van der Waals surface area contributed by atoms with Crippen LogP contribution in [0.4, 0.5) is 5.69 Å². The van der Waals surface area contributed by atoms with E-state index < -0.39 is 0 Å². The van der Waals surface area contributed by atoms with Gasteiger partial charge < -0.3 is 10.1 Å². The van der Waals surface area contributed by atoms with Crippen molar-refractivity contribution in [1.82, 2.24) is 9.78 Å². The molecule has 0 unspecified atom stereocenters. The number of nitrogens with zero attached hydrogens (tertiary/aromatic N) is 2. The molecule has 0 radical (unpaired) electrons. The van der Waals surface area contributed by atoms with Gasteiger partial charge in [0.05, 0.1) is 12.3 Å². The molecule has 6 heteroatoms. The molecule has 0 aliphatic heterocycles. The number of anilines is 1. The SMILES string of the molecule is CCCCn1nc(C(=O)Nc2ccc(C)cc2OCC)ccc1=O. The van der Waals surface area contributed by atoms with Crippen LogP contribution in [0, 0.1) is 6.92 Å². The number of amides is 1. The molecule has 0 aliphatic carbocycles. The van der Waals surface area contributed by atoms with Crippen molar-refractivity contribution < 1.29 is 9.53 Å². The smallest absolute Gasteiger partial charge is 0.276 e. The number of aromatic nitrogens is 2. The highest BCUT2D eigenvalue weighted by Gasteiger charge is 2.13. The first-order valence-electron chi connectivity index (χ1n) is 8.18. The van der Waals surface area contributed by atoms with E-state index in [9.17, 15) is 9.59 Å². The van der Waals surface area contributed by atoms with Gasteiger partial charge in [0.2, 0.25) is 0 Å². The van der Waals surface area contributed by atoms with Crippen LogP contribution in [0.2, 0.25) is 0 Å². The molecule has 2 rings (SSSR count). The zero-order valence-corrected chi connectivity index (χ0v) is 14.3. The number of carbonyl (C=O) groups excluding carboxylic acids is 1. The number of rotatable bonds is 7. The van der Waals surface area contributed by atoms with Gasteiger partial charge in [-0.25, -0.2) is 4.68 Å². The van der Waals surface area contributed by atoms with E-state index in [-0.39, 0.29) is 17.2 Å². The summed E-state index contributed by atoms with van der Waals surface area (Å²) in [5, 5.41) is 6.95. The van der Waals surface area contributed by atoms with Gasteiger partial charge in [-0.2, -0.15) is 5.10 Å². The molecule has 0 atom stereocenters. The number of aryl methyl sites for hydroxylation is 2. The van der Waals surface area contributed by atoms with Crippen LogP contribution in [-0.4, -0.2) is 22.3 Å². The van der Waals surface area contributed by atoms with E-state index in [1.54, 1.807) is 6.07 Å². The minimum absolute atomic E-state index is 0.203. The number of nitrogens with one attached hydrogen (secondary N) is 1. The molecule has 0 fully saturated rings. The lowest BCUT2D eigenvalue weighted by Gasteiger charge is -2.12. The zero-order chi connectivity index (χ0) is 17.5. The summed E-state index contributed by atoms with van der Waals surface area (Å²) in [7, 11) is 0. The predicted molar refractivity (Wildman–Crippen MR) is 93.7 cm³/mol. The van der Waals surface area contributed by atoms with Crippen LogP contribution < -0.4 is 15.6 Å². The topological polar surface area (TPSA) is 73.2 Å². The molecule has 1 aromatic heterocycles. The average Bonchev–Trinajstić information content (AvgIpc) is 2.56. The van der Waals surface area contributed by atoms with Crippen LogP contribution in [0.15, 0.2) is 35.1 Å². The summed E-state index contributed by atoms with van der Waals surface area (Å²) in [6.07, 6.45) is 1.79. The Morgan fingerprint density at radius 2 is 2.04 bits per heavy atom. The van der Waals surface area contributed by atoms with Crippen molar-refractivity contribution >= 4 is 11.6 Å². The number of ether oxygens (including phenoxy) is 1. The van der Waals surface area contributed by atoms with Crippen LogP contribution in [0.3, 0.4) is 0 Å². The van der Waals surface area contributed by atoms with E-state index in [0.717, 1.165) is 18.4 Å². The molecule has 6 nitrogen and oxygen atoms in total. The molecule has 0 saturated heterocycles. The maximum atomic E-state index is 12.4. The van der Waals surface area contributed by atoms with Crippen molar-refractivity contribution in [2.24, 2.45) is 0 Å². The van der Waals surface area contributed by atoms with Crippen molar-refractivity contribution in [1.29, 1.82) is 0 Å². The Labute approximate surface area is 141 Å². The van der Waals surface area contributed by atoms with Crippen molar-refractivity contribution in [3.8, 4) is 5.75 Å². The van der Waals surface area contributed by atoms with Crippen molar-refractivity contribution in [2.75, 3.05) is 11.9 Å². The maximum Gasteiger partial charge on any atom is 0.276 e. The lowest BCUT2D eigenvalue weighted by Crippen LogP contribution is -2.26. The van der Waals surface area contributed by atoms with Crippen molar-refractivity contribution in [3.05, 3.63) is 51.9 Å². The molecule has 2 aromatic rings. The first kappa shape index (κ1) is 17.7. The third kappa shape index (κ3) is 4.44. The van der Waals surface area contributed by atoms with Crippen LogP contribution in [0.25, 0.3) is 0 Å². The third-order valence-corrected chi connectivity index (χ3v) is 3.51. The lowest BCUT2D eigenvalue weighted by atomic mass is 10.2. The number of hydrogen-bond acceptors (Lipinski definition) is 4. The fourth-order valence-electron chi connectivity index (χ4n) is 2.23. The molecule has 1 heterocycles. The standard InChI is InChI=1S/C18H23N3O3/c1-4-6-11-21-17(22)10-9-15(20-21)18(23)19-14-8-7-13(3)12-16(14)24-5-2/h7-10,12H,4-6,11H2,1-3H3,(H,19,23).